The predicted molar refractivity (Wildman–Crippen MR) is 86.6 cm³/mol. The lowest BCUT2D eigenvalue weighted by atomic mass is 10.2. The van der Waals surface area contributed by atoms with Crippen LogP contribution in [0.1, 0.15) is 12.5 Å². The van der Waals surface area contributed by atoms with E-state index in [1.54, 1.807) is 0 Å². The third-order valence-corrected chi connectivity index (χ3v) is 4.47. The van der Waals surface area contributed by atoms with Gasteiger partial charge in [0.1, 0.15) is 0 Å². The molecular formula is C16H16ClNOS. The second-order valence-electron chi connectivity index (χ2n) is 4.47. The summed E-state index contributed by atoms with van der Waals surface area (Å²) >= 11 is 7.59. The molecule has 0 aliphatic heterocycles. The van der Waals surface area contributed by atoms with Gasteiger partial charge in [-0.3, -0.25) is 4.79 Å². The zero-order valence-corrected chi connectivity index (χ0v) is 13.0. The number of thioether (sulfide) groups is 1. The van der Waals surface area contributed by atoms with Gasteiger partial charge in [-0.1, -0.05) is 35.9 Å². The van der Waals surface area contributed by atoms with Gasteiger partial charge in [0, 0.05) is 15.6 Å². The van der Waals surface area contributed by atoms with Crippen molar-refractivity contribution in [1.82, 2.24) is 0 Å². The van der Waals surface area contributed by atoms with Crippen LogP contribution in [0.3, 0.4) is 0 Å². The summed E-state index contributed by atoms with van der Waals surface area (Å²) in [6, 6.07) is 15.4. The summed E-state index contributed by atoms with van der Waals surface area (Å²) < 4.78 is 0. The molecule has 0 spiro atoms. The number of hydrogen-bond donors (Lipinski definition) is 1. The quantitative estimate of drug-likeness (QED) is 0.825. The lowest BCUT2D eigenvalue weighted by Crippen LogP contribution is -2.22. The maximum Gasteiger partial charge on any atom is 0.237 e. The van der Waals surface area contributed by atoms with Gasteiger partial charge in [-0.05, 0) is 43.7 Å². The molecule has 0 fully saturated rings. The van der Waals surface area contributed by atoms with Gasteiger partial charge >= 0.3 is 0 Å². The number of rotatable bonds is 4. The Kier molecular flexibility index (Phi) is 5.10. The van der Waals surface area contributed by atoms with Gasteiger partial charge in [-0.25, -0.2) is 0 Å². The summed E-state index contributed by atoms with van der Waals surface area (Å²) in [4.78, 5) is 13.3. The summed E-state index contributed by atoms with van der Waals surface area (Å²) in [6.45, 7) is 3.79. The van der Waals surface area contributed by atoms with Crippen molar-refractivity contribution in [1.29, 1.82) is 0 Å². The van der Waals surface area contributed by atoms with E-state index in [2.05, 4.69) is 5.32 Å². The SMILES string of the molecule is Cc1c(Cl)cccc1NC(=O)[C@@H](C)Sc1ccccc1. The molecule has 0 aliphatic rings. The Morgan fingerprint density at radius 1 is 1.15 bits per heavy atom. The number of hydrogen-bond acceptors (Lipinski definition) is 2. The molecule has 0 bridgehead atoms. The van der Waals surface area contributed by atoms with Crippen molar-refractivity contribution in [3.05, 3.63) is 59.1 Å². The minimum atomic E-state index is -0.171. The summed E-state index contributed by atoms with van der Waals surface area (Å²) in [5.74, 6) is -0.0239. The van der Waals surface area contributed by atoms with Gasteiger partial charge in [0.25, 0.3) is 0 Å². The molecule has 1 atom stereocenters. The van der Waals surface area contributed by atoms with Crippen LogP contribution in [0, 0.1) is 6.92 Å². The minimum Gasteiger partial charge on any atom is -0.325 e. The first-order valence-corrected chi connectivity index (χ1v) is 7.61. The van der Waals surface area contributed by atoms with E-state index >= 15 is 0 Å². The first-order valence-electron chi connectivity index (χ1n) is 6.35. The highest BCUT2D eigenvalue weighted by Gasteiger charge is 2.15. The molecular weight excluding hydrogens is 290 g/mol. The summed E-state index contributed by atoms with van der Waals surface area (Å²) in [6.07, 6.45) is 0. The molecule has 1 amide bonds. The van der Waals surface area contributed by atoms with Crippen molar-refractivity contribution >= 4 is 35.0 Å². The van der Waals surface area contributed by atoms with Crippen molar-refractivity contribution in [3.8, 4) is 0 Å². The van der Waals surface area contributed by atoms with E-state index in [0.29, 0.717) is 5.02 Å². The number of benzene rings is 2. The molecule has 1 N–H and O–H groups in total. The molecule has 0 heterocycles. The number of carbonyl (C=O) groups is 1. The molecule has 0 aliphatic carbocycles. The van der Waals surface area contributed by atoms with Crippen LogP contribution in [-0.2, 0) is 4.79 Å². The van der Waals surface area contributed by atoms with Crippen LogP contribution in [-0.4, -0.2) is 11.2 Å². The lowest BCUT2D eigenvalue weighted by molar-refractivity contribution is -0.115. The van der Waals surface area contributed by atoms with Crippen LogP contribution in [0.2, 0.25) is 5.02 Å². The van der Waals surface area contributed by atoms with Crippen LogP contribution in [0.5, 0.6) is 0 Å². The zero-order valence-electron chi connectivity index (χ0n) is 11.4. The standard InChI is InChI=1S/C16H16ClNOS/c1-11-14(17)9-6-10-15(11)18-16(19)12(2)20-13-7-4-3-5-8-13/h3-10,12H,1-2H3,(H,18,19)/t12-/m1/s1. The maximum absolute atomic E-state index is 12.2. The molecule has 20 heavy (non-hydrogen) atoms. The first-order chi connectivity index (χ1) is 9.58. The molecule has 0 unspecified atom stereocenters. The molecule has 0 saturated heterocycles. The van der Waals surface area contributed by atoms with Crippen LogP contribution >= 0.6 is 23.4 Å². The highest BCUT2D eigenvalue weighted by atomic mass is 35.5. The van der Waals surface area contributed by atoms with Gasteiger partial charge in [0.05, 0.1) is 5.25 Å². The largest absolute Gasteiger partial charge is 0.325 e. The van der Waals surface area contributed by atoms with Crippen LogP contribution in [0.15, 0.2) is 53.4 Å². The number of anilines is 1. The van der Waals surface area contributed by atoms with Crippen LogP contribution in [0.25, 0.3) is 0 Å². The Morgan fingerprint density at radius 3 is 2.55 bits per heavy atom. The molecule has 2 nitrogen and oxygen atoms in total. The highest BCUT2D eigenvalue weighted by molar-refractivity contribution is 8.00. The average Bonchev–Trinajstić information content (AvgIpc) is 2.45. The summed E-state index contributed by atoms with van der Waals surface area (Å²) in [5.41, 5.74) is 1.66. The summed E-state index contributed by atoms with van der Waals surface area (Å²) in [5, 5.41) is 3.41. The van der Waals surface area contributed by atoms with Gasteiger partial charge in [0.15, 0.2) is 0 Å². The van der Waals surface area contributed by atoms with Crippen molar-refractivity contribution in [2.45, 2.75) is 24.0 Å². The van der Waals surface area contributed by atoms with Gasteiger partial charge in [0.2, 0.25) is 5.91 Å². The number of amides is 1. The molecule has 0 saturated carbocycles. The Labute approximate surface area is 128 Å². The molecule has 2 aromatic carbocycles. The van der Waals surface area contributed by atoms with Crippen molar-refractivity contribution in [2.75, 3.05) is 5.32 Å². The highest BCUT2D eigenvalue weighted by Crippen LogP contribution is 2.26. The van der Waals surface area contributed by atoms with Crippen molar-refractivity contribution in [3.63, 3.8) is 0 Å². The van der Waals surface area contributed by atoms with E-state index in [1.807, 2.05) is 62.4 Å². The van der Waals surface area contributed by atoms with Crippen LogP contribution < -0.4 is 5.32 Å². The Morgan fingerprint density at radius 2 is 1.85 bits per heavy atom. The fraction of sp³-hybridized carbons (Fsp3) is 0.188. The maximum atomic E-state index is 12.2. The van der Waals surface area contributed by atoms with E-state index in [9.17, 15) is 4.79 Å². The van der Waals surface area contributed by atoms with Crippen LogP contribution in [0.4, 0.5) is 5.69 Å². The first kappa shape index (κ1) is 14.9. The monoisotopic (exact) mass is 305 g/mol. The zero-order chi connectivity index (χ0) is 14.5. The van der Waals surface area contributed by atoms with E-state index in [-0.39, 0.29) is 11.2 Å². The molecule has 2 aromatic rings. The number of carbonyl (C=O) groups excluding carboxylic acids is 1. The van der Waals surface area contributed by atoms with Gasteiger partial charge < -0.3 is 5.32 Å². The van der Waals surface area contributed by atoms with Crippen molar-refractivity contribution in [2.24, 2.45) is 0 Å². The van der Waals surface area contributed by atoms with E-state index < -0.39 is 0 Å². The molecule has 2 rings (SSSR count). The normalized spacial score (nSPS) is 11.9. The van der Waals surface area contributed by atoms with Crippen molar-refractivity contribution < 1.29 is 4.79 Å². The topological polar surface area (TPSA) is 29.1 Å². The molecule has 104 valence electrons. The van der Waals surface area contributed by atoms with E-state index in [0.717, 1.165) is 16.1 Å². The Bertz CT molecular complexity index is 601. The Balaban J connectivity index is 2.03. The fourth-order valence-electron chi connectivity index (χ4n) is 1.73. The second-order valence-corrected chi connectivity index (χ2v) is 6.30. The molecule has 4 heteroatoms. The second kappa shape index (κ2) is 6.82. The Hall–Kier alpha value is -1.45. The summed E-state index contributed by atoms with van der Waals surface area (Å²) in [7, 11) is 0. The molecule has 0 aromatic heterocycles. The lowest BCUT2D eigenvalue weighted by Gasteiger charge is -2.14. The third-order valence-electron chi connectivity index (χ3n) is 2.95. The third kappa shape index (κ3) is 3.78. The smallest absolute Gasteiger partial charge is 0.237 e. The van der Waals surface area contributed by atoms with Gasteiger partial charge in [-0.15, -0.1) is 11.8 Å². The van der Waals surface area contributed by atoms with Gasteiger partial charge in [-0.2, -0.15) is 0 Å². The number of nitrogens with one attached hydrogen (secondary N) is 1. The van der Waals surface area contributed by atoms with E-state index in [4.69, 9.17) is 11.6 Å². The minimum absolute atomic E-state index is 0.0239. The van der Waals surface area contributed by atoms with E-state index in [1.165, 1.54) is 11.8 Å². The fourth-order valence-corrected chi connectivity index (χ4v) is 2.80. The predicted octanol–water partition coefficient (Wildman–Crippen LogP) is 4.77. The average molecular weight is 306 g/mol. The molecule has 0 radical (unpaired) electrons. The number of halogens is 1.